The van der Waals surface area contributed by atoms with Crippen LogP contribution in [0.3, 0.4) is 0 Å². The van der Waals surface area contributed by atoms with Gasteiger partial charge in [0.15, 0.2) is 11.8 Å². The van der Waals surface area contributed by atoms with Crippen molar-refractivity contribution < 1.29 is 18.7 Å². The van der Waals surface area contributed by atoms with Crippen LogP contribution in [0.5, 0.6) is 5.75 Å². The number of amides is 2. The summed E-state index contributed by atoms with van der Waals surface area (Å²) in [6, 6.07) is 10.8. The average Bonchev–Trinajstić information content (AvgIpc) is 2.97. The van der Waals surface area contributed by atoms with Crippen LogP contribution in [0.1, 0.15) is 5.56 Å². The summed E-state index contributed by atoms with van der Waals surface area (Å²) in [6.45, 7) is -0.329. The fourth-order valence-electron chi connectivity index (χ4n) is 2.52. The van der Waals surface area contributed by atoms with Crippen molar-refractivity contribution in [2.24, 2.45) is 4.99 Å². The highest BCUT2D eigenvalue weighted by atomic mass is 35.5. The highest BCUT2D eigenvalue weighted by Gasteiger charge is 2.29. The number of para-hydroxylation sites is 1. The van der Waals surface area contributed by atoms with E-state index < -0.39 is 11.7 Å². The van der Waals surface area contributed by atoms with Crippen LogP contribution < -0.4 is 10.1 Å². The second kappa shape index (κ2) is 9.11. The van der Waals surface area contributed by atoms with Crippen LogP contribution in [0.2, 0.25) is 5.02 Å². The van der Waals surface area contributed by atoms with E-state index in [1.807, 2.05) is 0 Å². The summed E-state index contributed by atoms with van der Waals surface area (Å²) in [5.74, 6) is -0.884. The van der Waals surface area contributed by atoms with Gasteiger partial charge in [-0.3, -0.25) is 19.5 Å². The molecule has 0 aromatic heterocycles. The van der Waals surface area contributed by atoms with Gasteiger partial charge in [-0.2, -0.15) is 0 Å². The van der Waals surface area contributed by atoms with Gasteiger partial charge in [0.05, 0.1) is 15.6 Å². The lowest BCUT2D eigenvalue weighted by molar-refractivity contribution is -0.121. The number of thioether (sulfide) groups is 1. The summed E-state index contributed by atoms with van der Waals surface area (Å²) in [7, 11) is 3.29. The second-order valence-electron chi connectivity index (χ2n) is 5.99. The smallest absolute Gasteiger partial charge is 0.266 e. The second-order valence-corrected chi connectivity index (χ2v) is 7.40. The number of halogens is 2. The van der Waals surface area contributed by atoms with Crippen LogP contribution >= 0.6 is 23.4 Å². The van der Waals surface area contributed by atoms with E-state index in [1.165, 1.54) is 34.9 Å². The summed E-state index contributed by atoms with van der Waals surface area (Å²) in [4.78, 5) is 30.2. The third-order valence-electron chi connectivity index (χ3n) is 3.96. The number of aliphatic imine (C=N–C) groups is 1. The molecule has 0 atom stereocenters. The zero-order valence-electron chi connectivity index (χ0n) is 15.6. The highest BCUT2D eigenvalue weighted by molar-refractivity contribution is 8.18. The number of nitrogens with zero attached hydrogens (tertiary/aromatic N) is 2. The molecule has 1 heterocycles. The van der Waals surface area contributed by atoms with Gasteiger partial charge in [0.25, 0.3) is 11.8 Å². The Labute approximate surface area is 176 Å². The van der Waals surface area contributed by atoms with Gasteiger partial charge in [0.2, 0.25) is 0 Å². The number of carbonyl (C=O) groups is 2. The molecule has 1 N–H and O–H groups in total. The van der Waals surface area contributed by atoms with Gasteiger partial charge in [-0.15, -0.1) is 0 Å². The predicted molar refractivity (Wildman–Crippen MR) is 114 cm³/mol. The van der Waals surface area contributed by atoms with Gasteiger partial charge in [-0.05, 0) is 47.7 Å². The molecule has 2 aromatic carbocycles. The van der Waals surface area contributed by atoms with E-state index in [4.69, 9.17) is 16.3 Å². The Bertz CT molecular complexity index is 1030. The number of carbonyl (C=O) groups excluding carboxylic acids is 2. The van der Waals surface area contributed by atoms with Crippen LogP contribution in [-0.2, 0) is 9.59 Å². The van der Waals surface area contributed by atoms with Crippen molar-refractivity contribution >= 4 is 52.1 Å². The molecule has 2 amide bonds. The molecule has 0 unspecified atom stereocenters. The molecule has 1 saturated heterocycles. The third kappa shape index (κ3) is 4.96. The zero-order valence-corrected chi connectivity index (χ0v) is 17.2. The lowest BCUT2D eigenvalue weighted by Crippen LogP contribution is -2.23. The molecule has 1 aliphatic rings. The molecule has 0 spiro atoms. The first-order valence-electron chi connectivity index (χ1n) is 8.50. The maximum Gasteiger partial charge on any atom is 0.266 e. The van der Waals surface area contributed by atoms with Crippen molar-refractivity contribution in [2.45, 2.75) is 0 Å². The molecule has 6 nitrogen and oxygen atoms in total. The van der Waals surface area contributed by atoms with E-state index in [-0.39, 0.29) is 23.2 Å². The fraction of sp³-hybridized carbons (Fsp3) is 0.150. The van der Waals surface area contributed by atoms with Gasteiger partial charge in [-0.25, -0.2) is 4.39 Å². The summed E-state index contributed by atoms with van der Waals surface area (Å²) in [6.07, 6.45) is 1.71. The molecule has 150 valence electrons. The number of anilines is 1. The molecule has 0 radical (unpaired) electrons. The number of ether oxygens (including phenoxy) is 1. The monoisotopic (exact) mass is 433 g/mol. The Kier molecular flexibility index (Phi) is 6.56. The normalized spacial score (nSPS) is 16.6. The van der Waals surface area contributed by atoms with E-state index in [0.717, 1.165) is 0 Å². The van der Waals surface area contributed by atoms with E-state index in [9.17, 15) is 14.0 Å². The molecule has 3 rings (SSSR count). The predicted octanol–water partition coefficient (Wildman–Crippen LogP) is 4.03. The fourth-order valence-corrected chi connectivity index (χ4v) is 3.69. The SMILES string of the molecule is CN=C1SC(=Cc2ccc(OCC(=O)Nc3ccccc3F)c(Cl)c2)C(=O)N1C. The molecular weight excluding hydrogens is 417 g/mol. The van der Waals surface area contributed by atoms with Gasteiger partial charge >= 0.3 is 0 Å². The Hall–Kier alpha value is -2.84. The van der Waals surface area contributed by atoms with Crippen LogP contribution in [0.15, 0.2) is 52.4 Å². The van der Waals surface area contributed by atoms with E-state index in [0.29, 0.717) is 21.4 Å². The molecule has 9 heteroatoms. The van der Waals surface area contributed by atoms with Crippen LogP contribution in [0.4, 0.5) is 10.1 Å². The highest BCUT2D eigenvalue weighted by Crippen LogP contribution is 2.33. The first-order chi connectivity index (χ1) is 13.9. The van der Waals surface area contributed by atoms with Gasteiger partial charge in [-0.1, -0.05) is 29.8 Å². The van der Waals surface area contributed by atoms with Crippen molar-refractivity contribution in [3.63, 3.8) is 0 Å². The molecule has 0 saturated carbocycles. The Morgan fingerprint density at radius 1 is 1.34 bits per heavy atom. The van der Waals surface area contributed by atoms with Crippen LogP contribution in [-0.4, -0.2) is 42.6 Å². The molecule has 0 bridgehead atoms. The third-order valence-corrected chi connectivity index (χ3v) is 5.40. The number of hydrogen-bond donors (Lipinski definition) is 1. The minimum absolute atomic E-state index is 0.0767. The largest absolute Gasteiger partial charge is 0.482 e. The number of hydrogen-bond acceptors (Lipinski definition) is 5. The zero-order chi connectivity index (χ0) is 21.0. The van der Waals surface area contributed by atoms with E-state index in [1.54, 1.807) is 44.4 Å². The first kappa shape index (κ1) is 20.9. The first-order valence-corrected chi connectivity index (χ1v) is 9.69. The molecule has 2 aromatic rings. The van der Waals surface area contributed by atoms with Crippen LogP contribution in [0, 0.1) is 5.82 Å². The van der Waals surface area contributed by atoms with Crippen molar-refractivity contribution in [3.05, 3.63) is 63.8 Å². The maximum atomic E-state index is 13.6. The van der Waals surface area contributed by atoms with Crippen molar-refractivity contribution in [1.82, 2.24) is 4.90 Å². The molecule has 29 heavy (non-hydrogen) atoms. The quantitative estimate of drug-likeness (QED) is 0.723. The number of amidine groups is 1. The average molecular weight is 434 g/mol. The summed E-state index contributed by atoms with van der Waals surface area (Å²) in [5.41, 5.74) is 0.785. The van der Waals surface area contributed by atoms with Gasteiger partial charge in [0.1, 0.15) is 11.6 Å². The van der Waals surface area contributed by atoms with Crippen LogP contribution in [0.25, 0.3) is 6.08 Å². The molecule has 1 aliphatic heterocycles. The molecule has 1 fully saturated rings. The number of benzene rings is 2. The van der Waals surface area contributed by atoms with Crippen molar-refractivity contribution in [1.29, 1.82) is 0 Å². The van der Waals surface area contributed by atoms with Gasteiger partial charge in [0, 0.05) is 14.1 Å². The minimum atomic E-state index is -0.530. The summed E-state index contributed by atoms with van der Waals surface area (Å²) >= 11 is 7.51. The Morgan fingerprint density at radius 3 is 2.76 bits per heavy atom. The minimum Gasteiger partial charge on any atom is -0.482 e. The van der Waals surface area contributed by atoms with Crippen molar-refractivity contribution in [3.8, 4) is 5.75 Å². The van der Waals surface area contributed by atoms with E-state index >= 15 is 0 Å². The number of nitrogens with one attached hydrogen (secondary N) is 1. The summed E-state index contributed by atoms with van der Waals surface area (Å²) < 4.78 is 19.0. The lowest BCUT2D eigenvalue weighted by atomic mass is 10.2. The van der Waals surface area contributed by atoms with Crippen molar-refractivity contribution in [2.75, 3.05) is 26.0 Å². The molecular formula is C20H17ClFN3O3S. The Morgan fingerprint density at radius 2 is 2.10 bits per heavy atom. The molecule has 0 aliphatic carbocycles. The number of likely N-dealkylation sites (N-methyl/N-ethyl adjacent to an activating group) is 1. The summed E-state index contributed by atoms with van der Waals surface area (Å²) in [5, 5.41) is 3.33. The van der Waals surface area contributed by atoms with E-state index in [2.05, 4.69) is 10.3 Å². The standard InChI is InChI=1S/C20H17ClFN3O3S/c1-23-20-25(2)19(27)17(29-20)10-12-7-8-16(13(21)9-12)28-11-18(26)24-15-6-4-3-5-14(15)22/h3-10H,11H2,1-2H3,(H,24,26). The Balaban J connectivity index is 1.64. The topological polar surface area (TPSA) is 71.0 Å². The van der Waals surface area contributed by atoms with Gasteiger partial charge < -0.3 is 10.1 Å². The lowest BCUT2D eigenvalue weighted by Gasteiger charge is -2.10. The number of rotatable bonds is 5. The maximum absolute atomic E-state index is 13.6.